The van der Waals surface area contributed by atoms with E-state index in [0.29, 0.717) is 0 Å². The van der Waals surface area contributed by atoms with Gasteiger partial charge in [0.15, 0.2) is 0 Å². The first kappa shape index (κ1) is 17.1. The van der Waals surface area contributed by atoms with Crippen molar-refractivity contribution < 1.29 is 15.4 Å². The van der Waals surface area contributed by atoms with Crippen molar-refractivity contribution in [2.75, 3.05) is 0 Å². The molecule has 92 valence electrons. The SMILES string of the molecule is CC(=O)O.O.c1ccncc1.c1ccncc1. The second-order valence-corrected chi connectivity index (χ2v) is 2.57. The fourth-order valence-corrected chi connectivity index (χ4v) is 0.625. The highest BCUT2D eigenvalue weighted by Crippen LogP contribution is 1.74. The zero-order valence-electron chi connectivity index (χ0n) is 9.52. The summed E-state index contributed by atoms with van der Waals surface area (Å²) in [6.07, 6.45) is 7.00. The molecule has 0 aliphatic heterocycles. The van der Waals surface area contributed by atoms with Crippen molar-refractivity contribution in [2.24, 2.45) is 0 Å². The van der Waals surface area contributed by atoms with E-state index in [1.807, 2.05) is 36.4 Å². The third-order valence-corrected chi connectivity index (χ3v) is 1.13. The fraction of sp³-hybridized carbons (Fsp3) is 0.0833. The van der Waals surface area contributed by atoms with Gasteiger partial charge in [-0.2, -0.15) is 0 Å². The molecule has 2 heterocycles. The van der Waals surface area contributed by atoms with E-state index in [1.165, 1.54) is 0 Å². The van der Waals surface area contributed by atoms with Crippen molar-refractivity contribution >= 4 is 5.97 Å². The van der Waals surface area contributed by atoms with E-state index < -0.39 is 5.97 Å². The zero-order chi connectivity index (χ0) is 12.1. The van der Waals surface area contributed by atoms with Gasteiger partial charge in [0.2, 0.25) is 0 Å². The summed E-state index contributed by atoms with van der Waals surface area (Å²) >= 11 is 0. The van der Waals surface area contributed by atoms with E-state index in [4.69, 9.17) is 9.90 Å². The molecular formula is C12H16N2O3. The maximum absolute atomic E-state index is 9.00. The Kier molecular flexibility index (Phi) is 13.8. The quantitative estimate of drug-likeness (QED) is 0.748. The summed E-state index contributed by atoms with van der Waals surface area (Å²) in [5.74, 6) is -0.833. The lowest BCUT2D eigenvalue weighted by Crippen LogP contribution is -1.78. The van der Waals surface area contributed by atoms with Gasteiger partial charge in [0.1, 0.15) is 0 Å². The van der Waals surface area contributed by atoms with E-state index in [-0.39, 0.29) is 5.48 Å². The Morgan fingerprint density at radius 1 is 0.824 bits per heavy atom. The number of rotatable bonds is 0. The number of aromatic nitrogens is 2. The molecule has 17 heavy (non-hydrogen) atoms. The molecule has 0 radical (unpaired) electrons. The number of pyridine rings is 2. The summed E-state index contributed by atoms with van der Waals surface area (Å²) in [6, 6.07) is 11.4. The van der Waals surface area contributed by atoms with E-state index in [1.54, 1.807) is 24.8 Å². The molecule has 5 heteroatoms. The highest BCUT2D eigenvalue weighted by Gasteiger charge is 1.65. The minimum Gasteiger partial charge on any atom is -0.481 e. The smallest absolute Gasteiger partial charge is 0.300 e. The van der Waals surface area contributed by atoms with E-state index in [2.05, 4.69) is 9.97 Å². The minimum absolute atomic E-state index is 0. The van der Waals surface area contributed by atoms with Crippen LogP contribution < -0.4 is 0 Å². The Morgan fingerprint density at radius 3 is 1.12 bits per heavy atom. The lowest BCUT2D eigenvalue weighted by molar-refractivity contribution is -0.134. The van der Waals surface area contributed by atoms with Crippen molar-refractivity contribution in [3.63, 3.8) is 0 Å². The van der Waals surface area contributed by atoms with Gasteiger partial charge in [0.05, 0.1) is 0 Å². The molecule has 0 aromatic carbocycles. The van der Waals surface area contributed by atoms with Gasteiger partial charge in [-0.05, 0) is 24.3 Å². The fourth-order valence-electron chi connectivity index (χ4n) is 0.625. The molecule has 0 amide bonds. The number of nitrogens with zero attached hydrogens (tertiary/aromatic N) is 2. The third kappa shape index (κ3) is 20.0. The van der Waals surface area contributed by atoms with Crippen LogP contribution in [0.1, 0.15) is 6.92 Å². The van der Waals surface area contributed by atoms with Crippen LogP contribution in [0.4, 0.5) is 0 Å². The Balaban J connectivity index is 0. The number of aliphatic carboxylic acids is 1. The Morgan fingerprint density at radius 2 is 1.06 bits per heavy atom. The first-order chi connectivity index (χ1) is 7.73. The van der Waals surface area contributed by atoms with Gasteiger partial charge in [-0.1, -0.05) is 12.1 Å². The number of carbonyl (C=O) groups is 1. The predicted molar refractivity (Wildman–Crippen MR) is 65.4 cm³/mol. The van der Waals surface area contributed by atoms with Gasteiger partial charge >= 0.3 is 0 Å². The molecular weight excluding hydrogens is 220 g/mol. The van der Waals surface area contributed by atoms with Crippen molar-refractivity contribution in [3.05, 3.63) is 61.2 Å². The van der Waals surface area contributed by atoms with Gasteiger partial charge in [0, 0.05) is 31.7 Å². The molecule has 0 aliphatic rings. The number of hydrogen-bond donors (Lipinski definition) is 1. The van der Waals surface area contributed by atoms with Gasteiger partial charge in [-0.15, -0.1) is 0 Å². The molecule has 0 atom stereocenters. The lowest BCUT2D eigenvalue weighted by Gasteiger charge is -1.70. The molecule has 0 spiro atoms. The van der Waals surface area contributed by atoms with Gasteiger partial charge in [-0.25, -0.2) is 0 Å². The Labute approximate surface area is 100 Å². The third-order valence-electron chi connectivity index (χ3n) is 1.13. The van der Waals surface area contributed by atoms with Gasteiger partial charge in [-0.3, -0.25) is 14.8 Å². The lowest BCUT2D eigenvalue weighted by atomic mass is 10.5. The topological polar surface area (TPSA) is 94.6 Å². The number of hydrogen-bond acceptors (Lipinski definition) is 3. The monoisotopic (exact) mass is 236 g/mol. The second-order valence-electron chi connectivity index (χ2n) is 2.57. The van der Waals surface area contributed by atoms with Crippen molar-refractivity contribution in [1.82, 2.24) is 9.97 Å². The summed E-state index contributed by atoms with van der Waals surface area (Å²) < 4.78 is 0. The van der Waals surface area contributed by atoms with Crippen LogP contribution in [0.15, 0.2) is 61.2 Å². The molecule has 0 unspecified atom stereocenters. The summed E-state index contributed by atoms with van der Waals surface area (Å²) in [6.45, 7) is 1.08. The average Bonchev–Trinajstić information content (AvgIpc) is 2.34. The van der Waals surface area contributed by atoms with Crippen LogP contribution in [0.25, 0.3) is 0 Å². The Bertz CT molecular complexity index is 266. The number of carboxylic acids is 1. The normalized spacial score (nSPS) is 7.12. The van der Waals surface area contributed by atoms with E-state index in [9.17, 15) is 0 Å². The Hall–Kier alpha value is -2.27. The van der Waals surface area contributed by atoms with Crippen LogP contribution in [-0.2, 0) is 4.79 Å². The van der Waals surface area contributed by atoms with Crippen LogP contribution in [0.3, 0.4) is 0 Å². The molecule has 5 nitrogen and oxygen atoms in total. The van der Waals surface area contributed by atoms with Crippen molar-refractivity contribution in [2.45, 2.75) is 6.92 Å². The molecule has 0 saturated carbocycles. The highest BCUT2D eigenvalue weighted by molar-refractivity contribution is 5.62. The molecule has 0 saturated heterocycles. The van der Waals surface area contributed by atoms with Crippen LogP contribution in [-0.4, -0.2) is 26.5 Å². The number of carboxylic acid groups (broad SMARTS) is 1. The second kappa shape index (κ2) is 13.7. The molecule has 3 N–H and O–H groups in total. The summed E-state index contributed by atoms with van der Waals surface area (Å²) in [5, 5.41) is 7.42. The maximum atomic E-state index is 9.00. The summed E-state index contributed by atoms with van der Waals surface area (Å²) in [4.78, 5) is 16.6. The standard InChI is InChI=1S/2C5H5N.C2H4O2.H2O/c2*1-2-4-6-5-3-1;1-2(3)4;/h2*1-5H;1H3,(H,3,4);1H2. The van der Waals surface area contributed by atoms with Crippen LogP contribution in [0, 0.1) is 0 Å². The van der Waals surface area contributed by atoms with Crippen molar-refractivity contribution in [1.29, 1.82) is 0 Å². The van der Waals surface area contributed by atoms with Crippen LogP contribution in [0.5, 0.6) is 0 Å². The van der Waals surface area contributed by atoms with Crippen LogP contribution >= 0.6 is 0 Å². The molecule has 2 aromatic rings. The molecule has 0 fully saturated rings. The highest BCUT2D eigenvalue weighted by atomic mass is 16.4. The zero-order valence-corrected chi connectivity index (χ0v) is 9.52. The van der Waals surface area contributed by atoms with E-state index in [0.717, 1.165) is 6.92 Å². The minimum atomic E-state index is -0.833. The molecule has 2 rings (SSSR count). The first-order valence-corrected chi connectivity index (χ1v) is 4.63. The average molecular weight is 236 g/mol. The van der Waals surface area contributed by atoms with Gasteiger partial charge < -0.3 is 10.6 Å². The molecule has 0 bridgehead atoms. The largest absolute Gasteiger partial charge is 0.481 e. The van der Waals surface area contributed by atoms with Crippen molar-refractivity contribution in [3.8, 4) is 0 Å². The maximum Gasteiger partial charge on any atom is 0.300 e. The summed E-state index contributed by atoms with van der Waals surface area (Å²) in [7, 11) is 0. The predicted octanol–water partition coefficient (Wildman–Crippen LogP) is 1.43. The first-order valence-electron chi connectivity index (χ1n) is 4.63. The van der Waals surface area contributed by atoms with E-state index >= 15 is 0 Å². The molecule has 2 aromatic heterocycles. The summed E-state index contributed by atoms with van der Waals surface area (Å²) in [5.41, 5.74) is 0. The van der Waals surface area contributed by atoms with Gasteiger partial charge in [0.25, 0.3) is 5.97 Å². The van der Waals surface area contributed by atoms with Crippen LogP contribution in [0.2, 0.25) is 0 Å². The molecule has 0 aliphatic carbocycles.